The molecule has 2 aromatic rings. The lowest BCUT2D eigenvalue weighted by Gasteiger charge is -2.13. The van der Waals surface area contributed by atoms with Crippen LogP contribution in [0.1, 0.15) is 28.9 Å². The minimum Gasteiger partial charge on any atom is -0.356 e. The van der Waals surface area contributed by atoms with Crippen molar-refractivity contribution < 1.29 is 13.2 Å². The van der Waals surface area contributed by atoms with Gasteiger partial charge in [0.1, 0.15) is 10.6 Å². The van der Waals surface area contributed by atoms with Gasteiger partial charge in [-0.1, -0.05) is 6.07 Å². The highest BCUT2D eigenvalue weighted by atomic mass is 32.2. The maximum atomic E-state index is 12.3. The van der Waals surface area contributed by atoms with E-state index in [1.54, 1.807) is 29.4 Å². The van der Waals surface area contributed by atoms with Crippen molar-refractivity contribution in [1.82, 2.24) is 19.6 Å². The molecule has 0 atom stereocenters. The second-order valence-electron chi connectivity index (χ2n) is 5.43. The second kappa shape index (κ2) is 6.51. The van der Waals surface area contributed by atoms with Gasteiger partial charge >= 0.3 is 0 Å². The lowest BCUT2D eigenvalue weighted by Crippen LogP contribution is -2.27. The van der Waals surface area contributed by atoms with Crippen LogP contribution in [0.3, 0.4) is 0 Å². The number of hydrogen-bond donors (Lipinski definition) is 2. The number of rotatable bonds is 5. The van der Waals surface area contributed by atoms with Gasteiger partial charge in [0.15, 0.2) is 0 Å². The van der Waals surface area contributed by atoms with Crippen LogP contribution < -0.4 is 4.72 Å². The highest BCUT2D eigenvalue weighted by molar-refractivity contribution is 7.89. The smallest absolute Gasteiger partial charge is 0.270 e. The molecule has 2 aromatic heterocycles. The Morgan fingerprint density at radius 2 is 2.13 bits per heavy atom. The number of amides is 1. The maximum absolute atomic E-state index is 12.3. The van der Waals surface area contributed by atoms with E-state index in [-0.39, 0.29) is 17.3 Å². The Labute approximate surface area is 134 Å². The lowest BCUT2D eigenvalue weighted by atomic mass is 10.3. The average Bonchev–Trinajstić information content (AvgIpc) is 3.25. The highest BCUT2D eigenvalue weighted by Crippen LogP contribution is 2.16. The summed E-state index contributed by atoms with van der Waals surface area (Å²) in [6.45, 7) is 1.59. The monoisotopic (exact) mass is 334 g/mol. The fourth-order valence-electron chi connectivity index (χ4n) is 2.51. The molecule has 0 aliphatic carbocycles. The van der Waals surface area contributed by atoms with Gasteiger partial charge in [-0.3, -0.25) is 9.78 Å². The molecule has 1 amide bonds. The van der Waals surface area contributed by atoms with Crippen molar-refractivity contribution in [1.29, 1.82) is 0 Å². The second-order valence-corrected chi connectivity index (χ2v) is 7.20. The molecule has 1 fully saturated rings. The Bertz CT molecular complexity index is 780. The summed E-state index contributed by atoms with van der Waals surface area (Å²) in [7, 11) is -3.67. The van der Waals surface area contributed by atoms with Crippen molar-refractivity contribution >= 4 is 15.9 Å². The predicted octanol–water partition coefficient (Wildman–Crippen LogP) is 1.12. The van der Waals surface area contributed by atoms with Crippen molar-refractivity contribution in [3.8, 4) is 0 Å². The summed E-state index contributed by atoms with van der Waals surface area (Å²) in [4.78, 5) is 20.7. The quantitative estimate of drug-likeness (QED) is 0.857. The molecule has 1 saturated heterocycles. The number of aromatic amines is 1. The van der Waals surface area contributed by atoms with E-state index in [4.69, 9.17) is 0 Å². The molecular formula is C15H18N4O3S. The van der Waals surface area contributed by atoms with E-state index in [9.17, 15) is 13.2 Å². The first-order valence-electron chi connectivity index (χ1n) is 7.42. The van der Waals surface area contributed by atoms with E-state index in [1.165, 1.54) is 12.3 Å². The number of sulfonamides is 1. The average molecular weight is 334 g/mol. The van der Waals surface area contributed by atoms with Crippen molar-refractivity contribution in [3.05, 3.63) is 48.0 Å². The number of H-pyrrole nitrogens is 1. The third kappa shape index (κ3) is 3.59. The standard InChI is InChI=1S/C15H18N4O3S/c20-15(19-6-1-2-7-19)14-8-13(11-17-14)23(21,22)18-10-12-4-3-5-16-9-12/h3-5,8-9,11,17-18H,1-2,6-7,10H2. The third-order valence-corrected chi connectivity index (χ3v) is 5.16. The molecule has 23 heavy (non-hydrogen) atoms. The minimum absolute atomic E-state index is 0.0592. The number of nitrogens with one attached hydrogen (secondary N) is 2. The number of carbonyl (C=O) groups excluding carboxylic acids is 1. The van der Waals surface area contributed by atoms with E-state index in [0.717, 1.165) is 31.5 Å². The first-order valence-corrected chi connectivity index (χ1v) is 8.91. The van der Waals surface area contributed by atoms with Crippen molar-refractivity contribution in [3.63, 3.8) is 0 Å². The number of nitrogens with zero attached hydrogens (tertiary/aromatic N) is 2. The molecule has 3 rings (SSSR count). The molecular weight excluding hydrogens is 316 g/mol. The van der Waals surface area contributed by atoms with Gasteiger partial charge in [0, 0.05) is 38.2 Å². The Hall–Kier alpha value is -2.19. The maximum Gasteiger partial charge on any atom is 0.270 e. The van der Waals surface area contributed by atoms with Gasteiger partial charge in [0.05, 0.1) is 0 Å². The van der Waals surface area contributed by atoms with Crippen LogP contribution in [-0.2, 0) is 16.6 Å². The first-order chi connectivity index (χ1) is 11.1. The van der Waals surface area contributed by atoms with E-state index >= 15 is 0 Å². The summed E-state index contributed by atoms with van der Waals surface area (Å²) in [5, 5.41) is 0. The van der Waals surface area contributed by atoms with Crippen molar-refractivity contribution in [2.45, 2.75) is 24.3 Å². The van der Waals surface area contributed by atoms with Gasteiger partial charge in [0.2, 0.25) is 10.0 Å². The molecule has 1 aliphatic heterocycles. The van der Waals surface area contributed by atoms with Gasteiger partial charge in [-0.25, -0.2) is 13.1 Å². The molecule has 0 aromatic carbocycles. The van der Waals surface area contributed by atoms with Crippen LogP contribution in [0.2, 0.25) is 0 Å². The molecule has 8 heteroatoms. The largest absolute Gasteiger partial charge is 0.356 e. The van der Waals surface area contributed by atoms with Gasteiger partial charge in [0.25, 0.3) is 5.91 Å². The third-order valence-electron chi connectivity index (χ3n) is 3.78. The minimum atomic E-state index is -3.67. The molecule has 3 heterocycles. The SMILES string of the molecule is O=C(c1cc(S(=O)(=O)NCc2cccnc2)c[nH]1)N1CCCC1. The topological polar surface area (TPSA) is 95.2 Å². The Kier molecular flexibility index (Phi) is 4.44. The first kappa shape index (κ1) is 15.7. The van der Waals surface area contributed by atoms with Crippen molar-refractivity contribution in [2.24, 2.45) is 0 Å². The molecule has 1 aliphatic rings. The summed E-state index contributed by atoms with van der Waals surface area (Å²) < 4.78 is 27.1. The van der Waals surface area contributed by atoms with Crippen molar-refractivity contribution in [2.75, 3.05) is 13.1 Å². The zero-order valence-corrected chi connectivity index (χ0v) is 13.3. The number of hydrogen-bond acceptors (Lipinski definition) is 4. The molecule has 0 bridgehead atoms. The highest BCUT2D eigenvalue weighted by Gasteiger charge is 2.23. The van der Waals surface area contributed by atoms with E-state index in [0.29, 0.717) is 5.69 Å². The molecule has 2 N–H and O–H groups in total. The van der Waals surface area contributed by atoms with Crippen LogP contribution in [-0.4, -0.2) is 42.3 Å². The Balaban J connectivity index is 1.69. The van der Waals surface area contributed by atoms with E-state index < -0.39 is 10.0 Å². The van der Waals surface area contributed by atoms with Gasteiger partial charge < -0.3 is 9.88 Å². The van der Waals surface area contributed by atoms with Crippen LogP contribution in [0.15, 0.2) is 41.7 Å². The molecule has 0 spiro atoms. The fourth-order valence-corrected chi connectivity index (χ4v) is 3.52. The molecule has 0 unspecified atom stereocenters. The van der Waals surface area contributed by atoms with Crippen LogP contribution >= 0.6 is 0 Å². The summed E-state index contributed by atoms with van der Waals surface area (Å²) in [5.74, 6) is -0.156. The molecule has 7 nitrogen and oxygen atoms in total. The van der Waals surface area contributed by atoms with Gasteiger partial charge in [-0.05, 0) is 30.5 Å². The molecule has 0 radical (unpaired) electrons. The lowest BCUT2D eigenvalue weighted by molar-refractivity contribution is 0.0787. The van der Waals surface area contributed by atoms with E-state index in [1.807, 2.05) is 0 Å². The summed E-state index contributed by atoms with van der Waals surface area (Å²) in [5.41, 5.74) is 1.06. The summed E-state index contributed by atoms with van der Waals surface area (Å²) >= 11 is 0. The van der Waals surface area contributed by atoms with Crippen LogP contribution in [0.4, 0.5) is 0 Å². The number of pyridine rings is 1. The zero-order chi connectivity index (χ0) is 16.3. The molecule has 0 saturated carbocycles. The number of likely N-dealkylation sites (tertiary alicyclic amines) is 1. The van der Waals surface area contributed by atoms with Crippen LogP contribution in [0, 0.1) is 0 Å². The summed E-state index contributed by atoms with van der Waals surface area (Å²) in [6, 6.07) is 4.91. The van der Waals surface area contributed by atoms with Gasteiger partial charge in [-0.2, -0.15) is 0 Å². The predicted molar refractivity (Wildman–Crippen MR) is 84.2 cm³/mol. The Morgan fingerprint density at radius 3 is 2.83 bits per heavy atom. The van der Waals surface area contributed by atoms with E-state index in [2.05, 4.69) is 14.7 Å². The van der Waals surface area contributed by atoms with Crippen LogP contribution in [0.25, 0.3) is 0 Å². The Morgan fingerprint density at radius 1 is 1.35 bits per heavy atom. The molecule has 122 valence electrons. The van der Waals surface area contributed by atoms with Crippen LogP contribution in [0.5, 0.6) is 0 Å². The van der Waals surface area contributed by atoms with Gasteiger partial charge in [-0.15, -0.1) is 0 Å². The number of carbonyl (C=O) groups is 1. The normalized spacial score (nSPS) is 15.0. The zero-order valence-electron chi connectivity index (χ0n) is 12.5. The summed E-state index contributed by atoms with van der Waals surface area (Å²) in [6.07, 6.45) is 6.55. The fraction of sp³-hybridized carbons (Fsp3) is 0.333. The number of aromatic nitrogens is 2.